The van der Waals surface area contributed by atoms with E-state index in [0.29, 0.717) is 29.5 Å². The van der Waals surface area contributed by atoms with Crippen molar-refractivity contribution >= 4 is 33.1 Å². The summed E-state index contributed by atoms with van der Waals surface area (Å²) in [5.74, 6) is -0.162. The van der Waals surface area contributed by atoms with Crippen LogP contribution < -0.4 is 10.0 Å². The van der Waals surface area contributed by atoms with E-state index in [1.807, 2.05) is 6.92 Å². The number of likely N-dealkylation sites (tertiary alicyclic amines) is 1. The smallest absolute Gasteiger partial charge is 0.321 e. The van der Waals surface area contributed by atoms with Crippen LogP contribution in [0.15, 0.2) is 40.6 Å². The highest BCUT2D eigenvalue weighted by Gasteiger charge is 2.25. The zero-order valence-electron chi connectivity index (χ0n) is 14.9. The second-order valence-corrected chi connectivity index (χ2v) is 9.87. The molecule has 146 valence electrons. The van der Waals surface area contributed by atoms with Gasteiger partial charge in [-0.15, -0.1) is 11.3 Å². The Hall–Kier alpha value is -1.97. The molecule has 2 aromatic rings. The summed E-state index contributed by atoms with van der Waals surface area (Å²) in [6.45, 7) is 3.35. The van der Waals surface area contributed by atoms with Gasteiger partial charge in [-0.2, -0.15) is 0 Å². The van der Waals surface area contributed by atoms with E-state index in [2.05, 4.69) is 10.0 Å². The molecule has 0 aliphatic carbocycles. The largest absolute Gasteiger partial charge is 0.325 e. The summed E-state index contributed by atoms with van der Waals surface area (Å²) >= 11 is 1.25. The molecule has 2 N–H and O–H groups in total. The van der Waals surface area contributed by atoms with E-state index in [-0.39, 0.29) is 17.8 Å². The van der Waals surface area contributed by atoms with Gasteiger partial charge in [-0.25, -0.2) is 22.3 Å². The molecule has 3 rings (SSSR count). The zero-order valence-corrected chi connectivity index (χ0v) is 16.6. The van der Waals surface area contributed by atoms with Gasteiger partial charge in [-0.05, 0) is 62.1 Å². The van der Waals surface area contributed by atoms with Crippen LogP contribution in [-0.2, 0) is 10.0 Å². The molecule has 1 fully saturated rings. The molecule has 0 atom stereocenters. The highest BCUT2D eigenvalue weighted by Crippen LogP contribution is 2.22. The average molecular weight is 412 g/mol. The van der Waals surface area contributed by atoms with Crippen LogP contribution in [0.25, 0.3) is 0 Å². The number of sulfonamides is 1. The van der Waals surface area contributed by atoms with Crippen molar-refractivity contribution in [3.8, 4) is 0 Å². The number of thiophene rings is 1. The minimum atomic E-state index is -3.47. The molecular weight excluding hydrogens is 389 g/mol. The lowest BCUT2D eigenvalue weighted by molar-refractivity contribution is 0.183. The van der Waals surface area contributed by atoms with Crippen LogP contribution in [0.1, 0.15) is 17.7 Å². The van der Waals surface area contributed by atoms with Gasteiger partial charge in [-0.1, -0.05) is 0 Å². The van der Waals surface area contributed by atoms with Crippen LogP contribution in [0.3, 0.4) is 0 Å². The molecule has 0 bridgehead atoms. The molecule has 2 amide bonds. The van der Waals surface area contributed by atoms with Crippen molar-refractivity contribution < 1.29 is 17.6 Å². The van der Waals surface area contributed by atoms with Crippen LogP contribution in [-0.4, -0.2) is 39.0 Å². The lowest BCUT2D eigenvalue weighted by atomic mass is 9.97. The fourth-order valence-corrected chi connectivity index (χ4v) is 5.38. The molecule has 0 spiro atoms. The maximum absolute atomic E-state index is 12.9. The number of nitrogens with zero attached hydrogens (tertiary/aromatic N) is 1. The van der Waals surface area contributed by atoms with E-state index >= 15 is 0 Å². The molecule has 1 aromatic carbocycles. The second-order valence-electron chi connectivity index (χ2n) is 6.58. The van der Waals surface area contributed by atoms with Crippen LogP contribution >= 0.6 is 11.3 Å². The van der Waals surface area contributed by atoms with E-state index in [1.54, 1.807) is 17.0 Å². The lowest BCUT2D eigenvalue weighted by Crippen LogP contribution is -2.43. The molecular formula is C18H22FN3O3S2. The topological polar surface area (TPSA) is 78.5 Å². The summed E-state index contributed by atoms with van der Waals surface area (Å²) < 4.78 is 40.5. The molecule has 1 aliphatic rings. The zero-order chi connectivity index (χ0) is 19.4. The number of piperidine rings is 1. The number of rotatable bonds is 5. The Morgan fingerprint density at radius 3 is 2.44 bits per heavy atom. The molecule has 2 heterocycles. The Kier molecular flexibility index (Phi) is 6.13. The maximum Gasteiger partial charge on any atom is 0.321 e. The number of nitrogens with one attached hydrogen (secondary N) is 2. The van der Waals surface area contributed by atoms with Crippen molar-refractivity contribution in [3.63, 3.8) is 0 Å². The van der Waals surface area contributed by atoms with Crippen LogP contribution in [0.2, 0.25) is 0 Å². The highest BCUT2D eigenvalue weighted by molar-refractivity contribution is 7.91. The summed E-state index contributed by atoms with van der Waals surface area (Å²) in [6.07, 6.45) is 1.45. The van der Waals surface area contributed by atoms with Gasteiger partial charge >= 0.3 is 6.03 Å². The third kappa shape index (κ3) is 5.27. The number of hydrogen-bond acceptors (Lipinski definition) is 4. The molecule has 0 radical (unpaired) electrons. The fraction of sp³-hybridized carbons (Fsp3) is 0.389. The fourth-order valence-electron chi connectivity index (χ4n) is 2.93. The van der Waals surface area contributed by atoms with Crippen LogP contribution in [0.4, 0.5) is 14.9 Å². The first kappa shape index (κ1) is 19.8. The molecule has 1 saturated heterocycles. The third-order valence-corrected chi connectivity index (χ3v) is 7.46. The van der Waals surface area contributed by atoms with Crippen molar-refractivity contribution in [2.24, 2.45) is 5.92 Å². The minimum Gasteiger partial charge on any atom is -0.325 e. The van der Waals surface area contributed by atoms with Crippen molar-refractivity contribution in [3.05, 3.63) is 47.1 Å². The molecule has 0 unspecified atom stereocenters. The minimum absolute atomic E-state index is 0.190. The Labute approximate surface area is 162 Å². The van der Waals surface area contributed by atoms with Crippen LogP contribution in [0.5, 0.6) is 0 Å². The van der Waals surface area contributed by atoms with Crippen molar-refractivity contribution in [1.29, 1.82) is 0 Å². The second kappa shape index (κ2) is 8.37. The number of halogens is 1. The van der Waals surface area contributed by atoms with Gasteiger partial charge in [0.2, 0.25) is 10.0 Å². The van der Waals surface area contributed by atoms with E-state index in [1.165, 1.54) is 35.6 Å². The van der Waals surface area contributed by atoms with Gasteiger partial charge in [0.25, 0.3) is 0 Å². The van der Waals surface area contributed by atoms with Gasteiger partial charge in [0, 0.05) is 30.2 Å². The summed E-state index contributed by atoms with van der Waals surface area (Å²) in [5.41, 5.74) is 0.544. The average Bonchev–Trinajstić information content (AvgIpc) is 3.10. The number of amides is 2. The van der Waals surface area contributed by atoms with Crippen LogP contribution in [0, 0.1) is 18.7 Å². The predicted octanol–water partition coefficient (Wildman–Crippen LogP) is 3.42. The Morgan fingerprint density at radius 2 is 1.85 bits per heavy atom. The van der Waals surface area contributed by atoms with Gasteiger partial charge in [0.15, 0.2) is 0 Å². The highest BCUT2D eigenvalue weighted by atomic mass is 32.2. The molecule has 27 heavy (non-hydrogen) atoms. The predicted molar refractivity (Wildman–Crippen MR) is 104 cm³/mol. The van der Waals surface area contributed by atoms with Gasteiger partial charge < -0.3 is 10.2 Å². The van der Waals surface area contributed by atoms with Gasteiger partial charge in [0.05, 0.1) is 0 Å². The number of carbonyl (C=O) groups excluding carboxylic acids is 1. The third-order valence-electron chi connectivity index (χ3n) is 4.54. The van der Waals surface area contributed by atoms with Gasteiger partial charge in [-0.3, -0.25) is 0 Å². The summed E-state index contributed by atoms with van der Waals surface area (Å²) in [6, 6.07) is 8.80. The molecule has 1 aromatic heterocycles. The van der Waals surface area contributed by atoms with E-state index in [0.717, 1.165) is 17.7 Å². The summed E-state index contributed by atoms with van der Waals surface area (Å²) in [5, 5.41) is 2.74. The number of benzene rings is 1. The van der Waals surface area contributed by atoms with Crippen molar-refractivity contribution in [2.75, 3.05) is 25.0 Å². The normalized spacial score (nSPS) is 15.7. The number of anilines is 1. The summed E-state index contributed by atoms with van der Waals surface area (Å²) in [4.78, 5) is 14.9. The SMILES string of the molecule is Cc1ccc(S(=O)(=O)NCC2CCN(C(=O)Nc3ccc(F)cc3)CC2)s1. The number of urea groups is 1. The molecule has 1 aliphatic heterocycles. The number of hydrogen-bond donors (Lipinski definition) is 2. The maximum atomic E-state index is 12.9. The Bertz CT molecular complexity index is 889. The lowest BCUT2D eigenvalue weighted by Gasteiger charge is -2.32. The number of carbonyl (C=O) groups is 1. The number of aryl methyl sites for hydroxylation is 1. The van der Waals surface area contributed by atoms with E-state index in [9.17, 15) is 17.6 Å². The first-order valence-electron chi connectivity index (χ1n) is 8.71. The Morgan fingerprint density at radius 1 is 1.19 bits per heavy atom. The molecule has 0 saturated carbocycles. The van der Waals surface area contributed by atoms with Gasteiger partial charge in [0.1, 0.15) is 10.0 Å². The van der Waals surface area contributed by atoms with Crippen molar-refractivity contribution in [1.82, 2.24) is 9.62 Å². The van der Waals surface area contributed by atoms with E-state index < -0.39 is 10.0 Å². The first-order valence-corrected chi connectivity index (χ1v) is 11.0. The molecule has 9 heteroatoms. The Balaban J connectivity index is 1.46. The van der Waals surface area contributed by atoms with Crippen molar-refractivity contribution in [2.45, 2.75) is 24.0 Å². The standard InChI is InChI=1S/C18H22FN3O3S2/c1-13-2-7-17(26-13)27(24,25)20-12-14-8-10-22(11-9-14)18(23)21-16-5-3-15(19)4-6-16/h2-7,14,20H,8-12H2,1H3,(H,21,23). The molecule has 6 nitrogen and oxygen atoms in total. The first-order chi connectivity index (χ1) is 12.8. The quantitative estimate of drug-likeness (QED) is 0.791. The summed E-state index contributed by atoms with van der Waals surface area (Å²) in [7, 11) is -3.47. The van der Waals surface area contributed by atoms with E-state index in [4.69, 9.17) is 0 Å². The monoisotopic (exact) mass is 411 g/mol.